The molecule has 0 aromatic heterocycles. The molecular weight excluding hydrogens is 316 g/mol. The summed E-state index contributed by atoms with van der Waals surface area (Å²) in [6.45, 7) is 1.90. The van der Waals surface area contributed by atoms with Crippen LogP contribution in [0.25, 0.3) is 0 Å². The SMILES string of the molecule is CO[C@H](C(=O)O[C@H]1C=C[C@H](c2ccccc2)O[C@H]1C)c1ccccc1. The van der Waals surface area contributed by atoms with Crippen LogP contribution in [0, 0.1) is 0 Å². The monoisotopic (exact) mass is 338 g/mol. The van der Waals surface area contributed by atoms with E-state index in [-0.39, 0.29) is 12.2 Å². The predicted octanol–water partition coefficient (Wildman–Crippen LogP) is 4.00. The van der Waals surface area contributed by atoms with Gasteiger partial charge in [0.2, 0.25) is 0 Å². The molecule has 2 aromatic rings. The van der Waals surface area contributed by atoms with E-state index in [0.717, 1.165) is 11.1 Å². The number of rotatable bonds is 5. The van der Waals surface area contributed by atoms with Crippen molar-refractivity contribution >= 4 is 5.97 Å². The van der Waals surface area contributed by atoms with Crippen LogP contribution in [-0.4, -0.2) is 25.3 Å². The molecule has 0 saturated carbocycles. The van der Waals surface area contributed by atoms with E-state index >= 15 is 0 Å². The van der Waals surface area contributed by atoms with Crippen LogP contribution in [-0.2, 0) is 19.0 Å². The van der Waals surface area contributed by atoms with Gasteiger partial charge in [-0.1, -0.05) is 66.7 Å². The average Bonchev–Trinajstić information content (AvgIpc) is 2.65. The van der Waals surface area contributed by atoms with Gasteiger partial charge in [-0.25, -0.2) is 4.79 Å². The van der Waals surface area contributed by atoms with E-state index in [4.69, 9.17) is 14.2 Å². The highest BCUT2D eigenvalue weighted by Crippen LogP contribution is 2.28. The van der Waals surface area contributed by atoms with Gasteiger partial charge in [0.25, 0.3) is 0 Å². The molecule has 2 aromatic carbocycles. The molecule has 0 radical (unpaired) electrons. The van der Waals surface area contributed by atoms with Gasteiger partial charge in [-0.05, 0) is 24.1 Å². The lowest BCUT2D eigenvalue weighted by atomic mass is 10.0. The van der Waals surface area contributed by atoms with Crippen molar-refractivity contribution in [2.75, 3.05) is 7.11 Å². The van der Waals surface area contributed by atoms with E-state index in [9.17, 15) is 4.79 Å². The van der Waals surface area contributed by atoms with Gasteiger partial charge in [-0.15, -0.1) is 0 Å². The molecule has 25 heavy (non-hydrogen) atoms. The Labute approximate surface area is 148 Å². The highest BCUT2D eigenvalue weighted by Gasteiger charge is 2.30. The van der Waals surface area contributed by atoms with Crippen molar-refractivity contribution < 1.29 is 19.0 Å². The van der Waals surface area contributed by atoms with Gasteiger partial charge in [0.1, 0.15) is 12.2 Å². The van der Waals surface area contributed by atoms with Crippen molar-refractivity contribution in [1.29, 1.82) is 0 Å². The summed E-state index contributed by atoms with van der Waals surface area (Å²) in [6, 6.07) is 19.3. The number of benzene rings is 2. The number of hydrogen-bond donors (Lipinski definition) is 0. The van der Waals surface area contributed by atoms with Crippen molar-refractivity contribution in [2.45, 2.75) is 31.3 Å². The Balaban J connectivity index is 1.67. The highest BCUT2D eigenvalue weighted by molar-refractivity contribution is 5.77. The van der Waals surface area contributed by atoms with Crippen LogP contribution in [0.3, 0.4) is 0 Å². The molecule has 0 fully saturated rings. The van der Waals surface area contributed by atoms with Crippen LogP contribution in [0.1, 0.15) is 30.3 Å². The minimum absolute atomic E-state index is 0.126. The maximum absolute atomic E-state index is 12.5. The van der Waals surface area contributed by atoms with Gasteiger partial charge in [0.15, 0.2) is 6.10 Å². The van der Waals surface area contributed by atoms with Crippen molar-refractivity contribution in [3.8, 4) is 0 Å². The number of methoxy groups -OCH3 is 1. The molecule has 0 bridgehead atoms. The normalized spacial score (nSPS) is 23.8. The van der Waals surface area contributed by atoms with Crippen molar-refractivity contribution in [1.82, 2.24) is 0 Å². The molecule has 0 aliphatic carbocycles. The summed E-state index contributed by atoms with van der Waals surface area (Å²) in [5.74, 6) is -0.419. The molecule has 0 saturated heterocycles. The summed E-state index contributed by atoms with van der Waals surface area (Å²) >= 11 is 0. The Hall–Kier alpha value is -2.43. The van der Waals surface area contributed by atoms with E-state index in [1.165, 1.54) is 7.11 Å². The van der Waals surface area contributed by atoms with Crippen molar-refractivity contribution in [2.24, 2.45) is 0 Å². The highest BCUT2D eigenvalue weighted by atomic mass is 16.6. The zero-order chi connectivity index (χ0) is 17.6. The summed E-state index contributed by atoms with van der Waals surface area (Å²) in [5.41, 5.74) is 1.85. The van der Waals surface area contributed by atoms with E-state index in [0.29, 0.717) is 0 Å². The molecule has 4 heteroatoms. The lowest BCUT2D eigenvalue weighted by Gasteiger charge is -2.30. The first-order valence-electron chi connectivity index (χ1n) is 8.36. The summed E-state index contributed by atoms with van der Waals surface area (Å²) in [6.07, 6.45) is 2.27. The summed E-state index contributed by atoms with van der Waals surface area (Å²) in [4.78, 5) is 12.5. The molecule has 1 aliphatic rings. The molecule has 0 spiro atoms. The first-order chi connectivity index (χ1) is 12.2. The number of carbonyl (C=O) groups excluding carboxylic acids is 1. The molecule has 4 nitrogen and oxygen atoms in total. The molecule has 130 valence electrons. The molecule has 1 aliphatic heterocycles. The fourth-order valence-electron chi connectivity index (χ4n) is 2.88. The number of hydrogen-bond acceptors (Lipinski definition) is 4. The van der Waals surface area contributed by atoms with Gasteiger partial charge in [0.05, 0.1) is 6.10 Å². The topological polar surface area (TPSA) is 44.8 Å². The predicted molar refractivity (Wildman–Crippen MR) is 94.9 cm³/mol. The van der Waals surface area contributed by atoms with Gasteiger partial charge >= 0.3 is 5.97 Å². The lowest BCUT2D eigenvalue weighted by Crippen LogP contribution is -2.35. The quantitative estimate of drug-likeness (QED) is 0.610. The largest absolute Gasteiger partial charge is 0.453 e. The van der Waals surface area contributed by atoms with Gasteiger partial charge in [0, 0.05) is 7.11 Å². The smallest absolute Gasteiger partial charge is 0.340 e. The Kier molecular flexibility index (Phi) is 5.64. The van der Waals surface area contributed by atoms with E-state index in [2.05, 4.69) is 0 Å². The molecule has 1 heterocycles. The summed E-state index contributed by atoms with van der Waals surface area (Å²) < 4.78 is 16.9. The molecular formula is C21H22O4. The Bertz CT molecular complexity index is 711. The maximum atomic E-state index is 12.5. The third kappa shape index (κ3) is 4.16. The Morgan fingerprint density at radius 1 is 1.00 bits per heavy atom. The number of ether oxygens (including phenoxy) is 3. The second-order valence-corrected chi connectivity index (χ2v) is 5.99. The van der Waals surface area contributed by atoms with E-state index in [1.807, 2.05) is 79.7 Å². The molecule has 4 atom stereocenters. The van der Waals surface area contributed by atoms with Crippen molar-refractivity contribution in [3.05, 3.63) is 83.9 Å². The van der Waals surface area contributed by atoms with Crippen LogP contribution in [0.4, 0.5) is 0 Å². The summed E-state index contributed by atoms with van der Waals surface area (Å²) in [7, 11) is 1.50. The van der Waals surface area contributed by atoms with E-state index < -0.39 is 18.2 Å². The second kappa shape index (κ2) is 8.10. The van der Waals surface area contributed by atoms with Crippen LogP contribution in [0.5, 0.6) is 0 Å². The van der Waals surface area contributed by atoms with Crippen molar-refractivity contribution in [3.63, 3.8) is 0 Å². The molecule has 0 amide bonds. The zero-order valence-electron chi connectivity index (χ0n) is 14.4. The Morgan fingerprint density at radius 3 is 2.24 bits per heavy atom. The van der Waals surface area contributed by atoms with Gasteiger partial charge < -0.3 is 14.2 Å². The van der Waals surface area contributed by atoms with Crippen LogP contribution in [0.2, 0.25) is 0 Å². The average molecular weight is 338 g/mol. The van der Waals surface area contributed by atoms with Gasteiger partial charge in [-0.3, -0.25) is 0 Å². The lowest BCUT2D eigenvalue weighted by molar-refractivity contribution is -0.167. The first kappa shape index (κ1) is 17.4. The fourth-order valence-corrected chi connectivity index (χ4v) is 2.88. The van der Waals surface area contributed by atoms with Crippen LogP contribution in [0.15, 0.2) is 72.8 Å². The third-order valence-corrected chi connectivity index (χ3v) is 4.23. The minimum Gasteiger partial charge on any atom is -0.453 e. The first-order valence-corrected chi connectivity index (χ1v) is 8.36. The number of esters is 1. The molecule has 0 unspecified atom stereocenters. The minimum atomic E-state index is -0.742. The fraction of sp³-hybridized carbons (Fsp3) is 0.286. The van der Waals surface area contributed by atoms with Crippen LogP contribution < -0.4 is 0 Å². The standard InChI is InChI=1S/C21H22O4/c1-15-18(13-14-19(24-15)16-9-5-3-6-10-16)25-21(22)20(23-2)17-11-7-4-8-12-17/h3-15,18-20H,1-2H3/t15-,18-,19+,20-/m0/s1. The van der Waals surface area contributed by atoms with Gasteiger partial charge in [-0.2, -0.15) is 0 Å². The third-order valence-electron chi connectivity index (χ3n) is 4.23. The zero-order valence-corrected chi connectivity index (χ0v) is 14.4. The summed E-state index contributed by atoms with van der Waals surface area (Å²) in [5, 5.41) is 0. The molecule has 0 N–H and O–H groups in total. The molecule has 3 rings (SSSR count). The maximum Gasteiger partial charge on any atom is 0.340 e. The van der Waals surface area contributed by atoms with Crippen LogP contribution >= 0.6 is 0 Å². The number of carbonyl (C=O) groups is 1. The second-order valence-electron chi connectivity index (χ2n) is 5.99. The Morgan fingerprint density at radius 2 is 1.64 bits per heavy atom. The van der Waals surface area contributed by atoms with E-state index in [1.54, 1.807) is 0 Å².